The van der Waals surface area contributed by atoms with Gasteiger partial charge in [-0.15, -0.1) is 0 Å². The SMILES string of the molecule is CCC(CC)CN1CCOCC1CNC1CC1. The van der Waals surface area contributed by atoms with Gasteiger partial charge >= 0.3 is 0 Å². The van der Waals surface area contributed by atoms with Crippen molar-refractivity contribution in [3.8, 4) is 0 Å². The van der Waals surface area contributed by atoms with Crippen LogP contribution in [-0.4, -0.2) is 49.8 Å². The minimum atomic E-state index is 0.602. The Morgan fingerprint density at radius 2 is 2.06 bits per heavy atom. The second kappa shape index (κ2) is 6.72. The molecule has 2 rings (SSSR count). The Bertz CT molecular complexity index is 214. The molecule has 2 fully saturated rings. The lowest BCUT2D eigenvalue weighted by molar-refractivity contribution is -0.0142. The van der Waals surface area contributed by atoms with E-state index in [1.54, 1.807) is 0 Å². The van der Waals surface area contributed by atoms with E-state index in [1.165, 1.54) is 32.2 Å². The average molecular weight is 240 g/mol. The lowest BCUT2D eigenvalue weighted by atomic mass is 10.0. The maximum absolute atomic E-state index is 5.63. The molecule has 0 amide bonds. The van der Waals surface area contributed by atoms with Gasteiger partial charge in [0.25, 0.3) is 0 Å². The summed E-state index contributed by atoms with van der Waals surface area (Å²) in [6.07, 6.45) is 5.35. The summed E-state index contributed by atoms with van der Waals surface area (Å²) in [5, 5.41) is 3.64. The molecule has 0 spiro atoms. The molecular formula is C14H28N2O. The zero-order valence-corrected chi connectivity index (χ0v) is 11.5. The minimum Gasteiger partial charge on any atom is -0.378 e. The predicted octanol–water partition coefficient (Wildman–Crippen LogP) is 1.88. The van der Waals surface area contributed by atoms with E-state index in [-0.39, 0.29) is 0 Å². The van der Waals surface area contributed by atoms with Crippen LogP contribution in [0.15, 0.2) is 0 Å². The normalized spacial score (nSPS) is 26.6. The van der Waals surface area contributed by atoms with Gasteiger partial charge < -0.3 is 10.1 Å². The summed E-state index contributed by atoms with van der Waals surface area (Å²) in [6.45, 7) is 9.95. The van der Waals surface area contributed by atoms with E-state index in [2.05, 4.69) is 24.1 Å². The number of nitrogens with one attached hydrogen (secondary N) is 1. The molecule has 1 heterocycles. The first-order valence-corrected chi connectivity index (χ1v) is 7.38. The second-order valence-electron chi connectivity index (χ2n) is 5.59. The third-order valence-electron chi connectivity index (χ3n) is 4.22. The van der Waals surface area contributed by atoms with Crippen molar-refractivity contribution in [2.24, 2.45) is 5.92 Å². The lowest BCUT2D eigenvalue weighted by Crippen LogP contribution is -2.52. The van der Waals surface area contributed by atoms with E-state index in [0.29, 0.717) is 6.04 Å². The summed E-state index contributed by atoms with van der Waals surface area (Å²) >= 11 is 0. The molecule has 2 aliphatic rings. The summed E-state index contributed by atoms with van der Waals surface area (Å²) in [7, 11) is 0. The number of hydrogen-bond acceptors (Lipinski definition) is 3. The molecule has 1 saturated heterocycles. The molecule has 1 aliphatic heterocycles. The van der Waals surface area contributed by atoms with Crippen molar-refractivity contribution in [2.45, 2.75) is 51.6 Å². The molecule has 17 heavy (non-hydrogen) atoms. The highest BCUT2D eigenvalue weighted by Gasteiger charge is 2.27. The molecule has 1 N–H and O–H groups in total. The fourth-order valence-corrected chi connectivity index (χ4v) is 2.59. The Morgan fingerprint density at radius 1 is 1.29 bits per heavy atom. The van der Waals surface area contributed by atoms with Gasteiger partial charge in [0.15, 0.2) is 0 Å². The Morgan fingerprint density at radius 3 is 2.71 bits per heavy atom. The van der Waals surface area contributed by atoms with Crippen molar-refractivity contribution in [2.75, 3.05) is 32.8 Å². The van der Waals surface area contributed by atoms with Gasteiger partial charge in [0, 0.05) is 31.7 Å². The van der Waals surface area contributed by atoms with E-state index in [1.807, 2.05) is 0 Å². The second-order valence-corrected chi connectivity index (χ2v) is 5.59. The number of nitrogens with zero attached hydrogens (tertiary/aromatic N) is 1. The summed E-state index contributed by atoms with van der Waals surface area (Å²) in [5.41, 5.74) is 0. The van der Waals surface area contributed by atoms with Crippen molar-refractivity contribution in [3.63, 3.8) is 0 Å². The Labute approximate surface area is 106 Å². The van der Waals surface area contributed by atoms with Gasteiger partial charge in [0.05, 0.1) is 13.2 Å². The zero-order valence-electron chi connectivity index (χ0n) is 11.5. The summed E-state index contributed by atoms with van der Waals surface area (Å²) in [6, 6.07) is 1.41. The predicted molar refractivity (Wildman–Crippen MR) is 71.3 cm³/mol. The smallest absolute Gasteiger partial charge is 0.0634 e. The van der Waals surface area contributed by atoms with E-state index >= 15 is 0 Å². The summed E-state index contributed by atoms with van der Waals surface area (Å²) in [5.74, 6) is 0.858. The number of rotatable bonds is 7. The maximum atomic E-state index is 5.63. The Kier molecular flexibility index (Phi) is 5.26. The van der Waals surface area contributed by atoms with E-state index in [4.69, 9.17) is 4.74 Å². The molecule has 1 unspecified atom stereocenters. The number of hydrogen-bond donors (Lipinski definition) is 1. The van der Waals surface area contributed by atoms with Crippen LogP contribution in [0.2, 0.25) is 0 Å². The van der Waals surface area contributed by atoms with Crippen LogP contribution in [-0.2, 0) is 4.74 Å². The van der Waals surface area contributed by atoms with Gasteiger partial charge in [0.1, 0.15) is 0 Å². The molecule has 3 nitrogen and oxygen atoms in total. The molecule has 0 radical (unpaired) electrons. The average Bonchev–Trinajstić information content (AvgIpc) is 3.18. The molecule has 100 valence electrons. The molecule has 1 atom stereocenters. The van der Waals surface area contributed by atoms with Crippen molar-refractivity contribution >= 4 is 0 Å². The number of ether oxygens (including phenoxy) is 1. The van der Waals surface area contributed by atoms with Gasteiger partial charge in [-0.25, -0.2) is 0 Å². The number of morpholine rings is 1. The van der Waals surface area contributed by atoms with Gasteiger partial charge in [-0.2, -0.15) is 0 Å². The Hall–Kier alpha value is -0.120. The van der Waals surface area contributed by atoms with Gasteiger partial charge in [-0.1, -0.05) is 26.7 Å². The summed E-state index contributed by atoms with van der Waals surface area (Å²) in [4.78, 5) is 2.65. The Balaban J connectivity index is 1.77. The molecule has 1 saturated carbocycles. The monoisotopic (exact) mass is 240 g/mol. The van der Waals surface area contributed by atoms with Crippen molar-refractivity contribution in [1.82, 2.24) is 10.2 Å². The topological polar surface area (TPSA) is 24.5 Å². The van der Waals surface area contributed by atoms with Crippen LogP contribution >= 0.6 is 0 Å². The molecule has 3 heteroatoms. The van der Waals surface area contributed by atoms with Crippen LogP contribution in [0.3, 0.4) is 0 Å². The minimum absolute atomic E-state index is 0.602. The first kappa shape index (κ1) is 13.3. The third kappa shape index (κ3) is 4.23. The quantitative estimate of drug-likeness (QED) is 0.735. The van der Waals surface area contributed by atoms with Gasteiger partial charge in [-0.3, -0.25) is 4.90 Å². The summed E-state index contributed by atoms with van der Waals surface area (Å²) < 4.78 is 5.63. The lowest BCUT2D eigenvalue weighted by Gasteiger charge is -2.37. The fraction of sp³-hybridized carbons (Fsp3) is 1.00. The van der Waals surface area contributed by atoms with Gasteiger partial charge in [0.2, 0.25) is 0 Å². The highest BCUT2D eigenvalue weighted by atomic mass is 16.5. The van der Waals surface area contributed by atoms with E-state index in [0.717, 1.165) is 38.3 Å². The van der Waals surface area contributed by atoms with Crippen LogP contribution in [0.4, 0.5) is 0 Å². The van der Waals surface area contributed by atoms with Crippen molar-refractivity contribution in [1.29, 1.82) is 0 Å². The largest absolute Gasteiger partial charge is 0.378 e. The van der Waals surface area contributed by atoms with Crippen molar-refractivity contribution in [3.05, 3.63) is 0 Å². The highest BCUT2D eigenvalue weighted by Crippen LogP contribution is 2.20. The standard InChI is InChI=1S/C14H28N2O/c1-3-12(4-2)10-16-7-8-17-11-14(16)9-15-13-5-6-13/h12-15H,3-11H2,1-2H3. The van der Waals surface area contributed by atoms with E-state index in [9.17, 15) is 0 Å². The zero-order chi connectivity index (χ0) is 12.1. The molecular weight excluding hydrogens is 212 g/mol. The van der Waals surface area contributed by atoms with Crippen LogP contribution in [0.5, 0.6) is 0 Å². The van der Waals surface area contributed by atoms with E-state index < -0.39 is 0 Å². The third-order valence-corrected chi connectivity index (χ3v) is 4.22. The van der Waals surface area contributed by atoms with Crippen molar-refractivity contribution < 1.29 is 4.74 Å². The highest BCUT2D eigenvalue weighted by molar-refractivity contribution is 4.85. The van der Waals surface area contributed by atoms with Crippen LogP contribution in [0, 0.1) is 5.92 Å². The van der Waals surface area contributed by atoms with Crippen LogP contribution in [0.1, 0.15) is 39.5 Å². The van der Waals surface area contributed by atoms with Crippen LogP contribution in [0.25, 0.3) is 0 Å². The van der Waals surface area contributed by atoms with Gasteiger partial charge in [-0.05, 0) is 18.8 Å². The molecule has 0 bridgehead atoms. The molecule has 0 aromatic rings. The first-order chi connectivity index (χ1) is 8.33. The first-order valence-electron chi connectivity index (χ1n) is 7.38. The molecule has 0 aromatic heterocycles. The molecule has 1 aliphatic carbocycles. The fourth-order valence-electron chi connectivity index (χ4n) is 2.59. The molecule has 0 aromatic carbocycles. The van der Waals surface area contributed by atoms with Crippen LogP contribution < -0.4 is 5.32 Å². The maximum Gasteiger partial charge on any atom is 0.0634 e.